The monoisotopic (exact) mass is 289 g/mol. The molecule has 1 aliphatic rings. The van der Waals surface area contributed by atoms with Crippen LogP contribution in [0.5, 0.6) is 0 Å². The van der Waals surface area contributed by atoms with Crippen LogP contribution in [-0.4, -0.2) is 16.1 Å². The fourth-order valence-electron chi connectivity index (χ4n) is 3.22. The van der Waals surface area contributed by atoms with E-state index in [2.05, 4.69) is 4.98 Å². The molecule has 0 saturated carbocycles. The zero-order chi connectivity index (χ0) is 15.6. The molecule has 0 bridgehead atoms. The SMILES string of the molecule is CC1(C)OC(C)(C)c2c1nc1cc(F)ccc1c2C(=O)O. The highest BCUT2D eigenvalue weighted by Gasteiger charge is 2.47. The van der Waals surface area contributed by atoms with E-state index in [4.69, 9.17) is 4.74 Å². The lowest BCUT2D eigenvalue weighted by Crippen LogP contribution is -2.23. The van der Waals surface area contributed by atoms with Gasteiger partial charge in [0.1, 0.15) is 11.4 Å². The highest BCUT2D eigenvalue weighted by atomic mass is 19.1. The maximum atomic E-state index is 13.4. The predicted molar refractivity (Wildman–Crippen MR) is 75.8 cm³/mol. The second-order valence-electron chi connectivity index (χ2n) is 6.30. The minimum Gasteiger partial charge on any atom is -0.478 e. The maximum Gasteiger partial charge on any atom is 0.336 e. The molecule has 110 valence electrons. The summed E-state index contributed by atoms with van der Waals surface area (Å²) >= 11 is 0. The summed E-state index contributed by atoms with van der Waals surface area (Å²) in [7, 11) is 0. The normalized spacial score (nSPS) is 18.7. The summed E-state index contributed by atoms with van der Waals surface area (Å²) in [5, 5.41) is 10.1. The third-order valence-electron chi connectivity index (χ3n) is 3.84. The molecule has 0 aliphatic carbocycles. The first-order valence-corrected chi connectivity index (χ1v) is 6.71. The molecule has 1 N–H and O–H groups in total. The average Bonchev–Trinajstić information content (AvgIpc) is 2.52. The van der Waals surface area contributed by atoms with Crippen molar-refractivity contribution in [1.82, 2.24) is 4.98 Å². The Labute approximate surface area is 121 Å². The number of carboxylic acid groups (broad SMARTS) is 1. The largest absolute Gasteiger partial charge is 0.478 e. The van der Waals surface area contributed by atoms with Crippen molar-refractivity contribution in [3.05, 3.63) is 40.8 Å². The van der Waals surface area contributed by atoms with E-state index in [0.29, 0.717) is 22.2 Å². The van der Waals surface area contributed by atoms with Gasteiger partial charge in [-0.3, -0.25) is 0 Å². The molecule has 1 aromatic carbocycles. The van der Waals surface area contributed by atoms with Gasteiger partial charge in [0.15, 0.2) is 0 Å². The Hall–Kier alpha value is -2.01. The topological polar surface area (TPSA) is 59.4 Å². The second-order valence-corrected chi connectivity index (χ2v) is 6.30. The molecule has 2 heterocycles. The molecule has 0 saturated heterocycles. The van der Waals surface area contributed by atoms with E-state index in [-0.39, 0.29) is 5.56 Å². The quantitative estimate of drug-likeness (QED) is 0.871. The molecule has 2 aromatic rings. The smallest absolute Gasteiger partial charge is 0.336 e. The van der Waals surface area contributed by atoms with Crippen LogP contribution < -0.4 is 0 Å². The van der Waals surface area contributed by atoms with Gasteiger partial charge in [0, 0.05) is 17.0 Å². The van der Waals surface area contributed by atoms with Gasteiger partial charge in [-0.05, 0) is 39.8 Å². The van der Waals surface area contributed by atoms with Gasteiger partial charge >= 0.3 is 5.97 Å². The lowest BCUT2D eigenvalue weighted by atomic mass is 9.88. The Balaban J connectivity index is 2.52. The average molecular weight is 289 g/mol. The first-order chi connectivity index (χ1) is 9.63. The number of aromatic carboxylic acids is 1. The molecule has 0 unspecified atom stereocenters. The Morgan fingerprint density at radius 3 is 2.52 bits per heavy atom. The third kappa shape index (κ3) is 1.92. The van der Waals surface area contributed by atoms with E-state index >= 15 is 0 Å². The van der Waals surface area contributed by atoms with Crippen molar-refractivity contribution in [3.63, 3.8) is 0 Å². The lowest BCUT2D eigenvalue weighted by Gasteiger charge is -2.24. The molecule has 21 heavy (non-hydrogen) atoms. The number of halogens is 1. The zero-order valence-corrected chi connectivity index (χ0v) is 12.3. The molecule has 1 aromatic heterocycles. The summed E-state index contributed by atoms with van der Waals surface area (Å²) in [4.78, 5) is 16.3. The van der Waals surface area contributed by atoms with Crippen molar-refractivity contribution in [2.45, 2.75) is 38.9 Å². The van der Waals surface area contributed by atoms with Crippen molar-refractivity contribution >= 4 is 16.9 Å². The first-order valence-electron chi connectivity index (χ1n) is 6.71. The van der Waals surface area contributed by atoms with Gasteiger partial charge in [0.25, 0.3) is 0 Å². The van der Waals surface area contributed by atoms with Crippen LogP contribution in [-0.2, 0) is 15.9 Å². The van der Waals surface area contributed by atoms with E-state index < -0.39 is 23.0 Å². The molecule has 0 radical (unpaired) electrons. The van der Waals surface area contributed by atoms with Crippen LogP contribution in [0.25, 0.3) is 10.9 Å². The van der Waals surface area contributed by atoms with E-state index in [1.807, 2.05) is 27.7 Å². The number of fused-ring (bicyclic) bond motifs is 2. The number of carboxylic acids is 1. The molecule has 0 spiro atoms. The highest BCUT2D eigenvalue weighted by molar-refractivity contribution is 6.04. The first kappa shape index (κ1) is 13.9. The Kier molecular flexibility index (Phi) is 2.66. The van der Waals surface area contributed by atoms with Crippen LogP contribution in [0.2, 0.25) is 0 Å². The molecule has 4 nitrogen and oxygen atoms in total. The number of aromatic nitrogens is 1. The van der Waals surface area contributed by atoms with E-state index in [0.717, 1.165) is 0 Å². The number of rotatable bonds is 1. The zero-order valence-electron chi connectivity index (χ0n) is 12.3. The van der Waals surface area contributed by atoms with Crippen molar-refractivity contribution in [2.75, 3.05) is 0 Å². The molecular formula is C16H16FNO3. The van der Waals surface area contributed by atoms with Crippen molar-refractivity contribution in [2.24, 2.45) is 0 Å². The van der Waals surface area contributed by atoms with Crippen LogP contribution in [0, 0.1) is 5.82 Å². The number of carbonyl (C=O) groups is 1. The number of pyridine rings is 1. The molecule has 0 fully saturated rings. The minimum atomic E-state index is -1.06. The van der Waals surface area contributed by atoms with Crippen LogP contribution in [0.4, 0.5) is 4.39 Å². The molecular weight excluding hydrogens is 273 g/mol. The standard InChI is InChI=1S/C16H16FNO3/c1-15(2)12-11(14(19)20)9-6-5-8(17)7-10(9)18-13(12)16(3,4)21-15/h5-7H,1-4H3,(H,19,20). The van der Waals surface area contributed by atoms with Gasteiger partial charge in [-0.1, -0.05) is 0 Å². The highest BCUT2D eigenvalue weighted by Crippen LogP contribution is 2.48. The van der Waals surface area contributed by atoms with Crippen molar-refractivity contribution < 1.29 is 19.0 Å². The number of hydrogen-bond donors (Lipinski definition) is 1. The minimum absolute atomic E-state index is 0.144. The Morgan fingerprint density at radius 2 is 1.90 bits per heavy atom. The summed E-state index contributed by atoms with van der Waals surface area (Å²) in [6.07, 6.45) is 0. The maximum absolute atomic E-state index is 13.4. The Morgan fingerprint density at radius 1 is 1.24 bits per heavy atom. The second kappa shape index (κ2) is 4.01. The summed E-state index contributed by atoms with van der Waals surface area (Å²) in [6, 6.07) is 3.96. The Bertz CT molecular complexity index is 781. The predicted octanol–water partition coefficient (Wildman–Crippen LogP) is 3.57. The van der Waals surface area contributed by atoms with E-state index in [9.17, 15) is 14.3 Å². The number of ether oxygens (including phenoxy) is 1. The summed E-state index contributed by atoms with van der Waals surface area (Å²) < 4.78 is 19.4. The molecule has 3 rings (SSSR count). The lowest BCUT2D eigenvalue weighted by molar-refractivity contribution is -0.106. The van der Waals surface area contributed by atoms with Gasteiger partial charge in [0.2, 0.25) is 0 Å². The number of nitrogens with zero attached hydrogens (tertiary/aromatic N) is 1. The summed E-state index contributed by atoms with van der Waals surface area (Å²) in [5.41, 5.74) is 0.124. The number of benzene rings is 1. The van der Waals surface area contributed by atoms with Gasteiger partial charge in [0.05, 0.1) is 22.4 Å². The summed E-state index contributed by atoms with van der Waals surface area (Å²) in [6.45, 7) is 7.32. The third-order valence-corrected chi connectivity index (χ3v) is 3.84. The number of hydrogen-bond acceptors (Lipinski definition) is 3. The van der Waals surface area contributed by atoms with Crippen LogP contribution in [0.3, 0.4) is 0 Å². The van der Waals surface area contributed by atoms with Crippen LogP contribution in [0.1, 0.15) is 49.3 Å². The molecule has 0 atom stereocenters. The van der Waals surface area contributed by atoms with Crippen molar-refractivity contribution in [1.29, 1.82) is 0 Å². The fraction of sp³-hybridized carbons (Fsp3) is 0.375. The fourth-order valence-corrected chi connectivity index (χ4v) is 3.22. The summed E-state index contributed by atoms with van der Waals surface area (Å²) in [5.74, 6) is -1.50. The van der Waals surface area contributed by atoms with Gasteiger partial charge in [-0.25, -0.2) is 14.2 Å². The molecule has 5 heteroatoms. The molecule has 1 aliphatic heterocycles. The molecule has 0 amide bonds. The van der Waals surface area contributed by atoms with Gasteiger partial charge in [-0.15, -0.1) is 0 Å². The van der Waals surface area contributed by atoms with Crippen LogP contribution in [0.15, 0.2) is 18.2 Å². The van der Waals surface area contributed by atoms with Crippen LogP contribution >= 0.6 is 0 Å². The van der Waals surface area contributed by atoms with Gasteiger partial charge < -0.3 is 9.84 Å². The van der Waals surface area contributed by atoms with E-state index in [1.165, 1.54) is 18.2 Å². The van der Waals surface area contributed by atoms with E-state index in [1.54, 1.807) is 0 Å². The van der Waals surface area contributed by atoms with Gasteiger partial charge in [-0.2, -0.15) is 0 Å². The van der Waals surface area contributed by atoms with Crippen molar-refractivity contribution in [3.8, 4) is 0 Å².